The fourth-order valence-electron chi connectivity index (χ4n) is 7.35. The number of carbonyl (C=O) groups excluding carboxylic acids is 5. The lowest BCUT2D eigenvalue weighted by atomic mass is 10.0. The molecule has 54 heavy (non-hydrogen) atoms. The van der Waals surface area contributed by atoms with Crippen molar-refractivity contribution < 1.29 is 42.7 Å². The minimum absolute atomic E-state index is 0.0265. The highest BCUT2D eigenvalue weighted by Gasteiger charge is 2.61. The third-order valence-electron chi connectivity index (χ3n) is 10.4. The number of aryl methyl sites for hydroxylation is 2. The molecular formula is C40H50FN5O8. The van der Waals surface area contributed by atoms with Gasteiger partial charge in [-0.25, -0.2) is 14.0 Å². The number of alkyl carbamates (subject to hydrolysis) is 1. The standard InChI is InChI=1S/C40H50FN5O8/c1-24-16-17-25(2)33(18-24)54-44-36(49)40-20-27(40)13-9-7-6-8-10-15-31(42-37(50)53-39(3,4)5)35(48)46-22-28(19-32(46)34(47)43-40)52-38(51)45-21-26-12-11-14-30(41)29(26)23-45/h9,11-14,16-18,27-28,31-32H,6-8,10,15,19-23H2,1-5H3,(H,42,50)(H,43,47)(H,44,49)/b13-9-/t27-,28?,31?,32+,40-/m1/s1. The van der Waals surface area contributed by atoms with Gasteiger partial charge in [0.15, 0.2) is 5.75 Å². The minimum atomic E-state index is -1.35. The summed E-state index contributed by atoms with van der Waals surface area (Å²) in [5, 5.41) is 5.66. The highest BCUT2D eigenvalue weighted by Crippen LogP contribution is 2.45. The van der Waals surface area contributed by atoms with Gasteiger partial charge in [-0.2, -0.15) is 5.48 Å². The van der Waals surface area contributed by atoms with Gasteiger partial charge in [0, 0.05) is 24.4 Å². The molecule has 290 valence electrons. The number of nitrogens with zero attached hydrogens (tertiary/aromatic N) is 2. The number of nitrogens with one attached hydrogen (secondary N) is 3. The molecule has 6 rings (SSSR count). The molecule has 5 atom stereocenters. The third-order valence-corrected chi connectivity index (χ3v) is 10.4. The molecule has 5 amide bonds. The number of amides is 5. The summed E-state index contributed by atoms with van der Waals surface area (Å²) in [6.45, 7) is 8.96. The zero-order valence-corrected chi connectivity index (χ0v) is 31.5. The van der Waals surface area contributed by atoms with Crippen LogP contribution in [0.2, 0.25) is 0 Å². The fraction of sp³-hybridized carbons (Fsp3) is 0.525. The van der Waals surface area contributed by atoms with Crippen LogP contribution in [0.1, 0.15) is 88.0 Å². The van der Waals surface area contributed by atoms with Gasteiger partial charge in [-0.3, -0.25) is 19.3 Å². The zero-order valence-electron chi connectivity index (χ0n) is 31.5. The van der Waals surface area contributed by atoms with Crippen molar-refractivity contribution in [2.45, 2.75) is 122 Å². The maximum absolute atomic E-state index is 14.5. The van der Waals surface area contributed by atoms with Gasteiger partial charge in [-0.05, 0) is 89.1 Å². The number of hydrogen-bond acceptors (Lipinski definition) is 8. The number of halogens is 1. The van der Waals surface area contributed by atoms with Crippen LogP contribution in [0.25, 0.3) is 0 Å². The van der Waals surface area contributed by atoms with Crippen LogP contribution in [0.5, 0.6) is 5.75 Å². The van der Waals surface area contributed by atoms with Gasteiger partial charge in [0.1, 0.15) is 35.1 Å². The molecule has 2 unspecified atom stereocenters. The molecule has 3 N–H and O–H groups in total. The number of hydroxylamine groups is 1. The summed E-state index contributed by atoms with van der Waals surface area (Å²) in [6.07, 6.45) is 5.01. The van der Waals surface area contributed by atoms with Gasteiger partial charge < -0.3 is 29.8 Å². The predicted octanol–water partition coefficient (Wildman–Crippen LogP) is 5.26. The number of fused-ring (bicyclic) bond motifs is 3. The Balaban J connectivity index is 1.24. The van der Waals surface area contributed by atoms with E-state index in [1.54, 1.807) is 39.0 Å². The van der Waals surface area contributed by atoms with Gasteiger partial charge in [-0.15, -0.1) is 0 Å². The molecule has 3 heterocycles. The van der Waals surface area contributed by atoms with Crippen LogP contribution in [0.4, 0.5) is 14.0 Å². The first-order valence-electron chi connectivity index (χ1n) is 18.7. The van der Waals surface area contributed by atoms with Crippen molar-refractivity contribution in [2.75, 3.05) is 6.54 Å². The van der Waals surface area contributed by atoms with Crippen LogP contribution in [0, 0.1) is 25.6 Å². The molecular weight excluding hydrogens is 697 g/mol. The van der Waals surface area contributed by atoms with Gasteiger partial charge in [0.25, 0.3) is 5.91 Å². The molecule has 3 aliphatic heterocycles. The SMILES string of the molecule is Cc1ccc(C)c(ONC(=O)[C@@]23C[C@H]2/C=C\CCCCCC(NC(=O)OC(C)(C)C)C(=O)N2CC(OC(=O)N4Cc5cccc(F)c5C4)C[C@H]2C(=O)N3)c1. The number of allylic oxidation sites excluding steroid dienone is 1. The molecule has 14 heteroatoms. The summed E-state index contributed by atoms with van der Waals surface area (Å²) < 4.78 is 25.8. The second kappa shape index (κ2) is 15.7. The average Bonchev–Trinajstić information content (AvgIpc) is 3.40. The Morgan fingerprint density at radius 3 is 2.59 bits per heavy atom. The molecule has 0 bridgehead atoms. The Morgan fingerprint density at radius 2 is 1.83 bits per heavy atom. The second-order valence-corrected chi connectivity index (χ2v) is 15.8. The van der Waals surface area contributed by atoms with E-state index in [0.717, 1.165) is 30.4 Å². The van der Waals surface area contributed by atoms with Crippen LogP contribution in [0.15, 0.2) is 48.6 Å². The van der Waals surface area contributed by atoms with Crippen LogP contribution < -0.4 is 21.0 Å². The molecule has 1 saturated carbocycles. The van der Waals surface area contributed by atoms with Crippen molar-refractivity contribution >= 4 is 29.9 Å². The van der Waals surface area contributed by atoms with E-state index in [4.69, 9.17) is 14.3 Å². The van der Waals surface area contributed by atoms with Crippen molar-refractivity contribution in [3.05, 3.63) is 76.6 Å². The van der Waals surface area contributed by atoms with Gasteiger partial charge in [0.2, 0.25) is 11.8 Å². The molecule has 13 nitrogen and oxygen atoms in total. The molecule has 0 aromatic heterocycles. The topological polar surface area (TPSA) is 156 Å². The number of carbonyl (C=O) groups is 5. The number of rotatable bonds is 5. The van der Waals surface area contributed by atoms with Crippen LogP contribution in [-0.2, 0) is 36.9 Å². The summed E-state index contributed by atoms with van der Waals surface area (Å²) in [5.74, 6) is -1.95. The Bertz CT molecular complexity index is 1830. The molecule has 2 fully saturated rings. The van der Waals surface area contributed by atoms with E-state index in [1.165, 1.54) is 15.9 Å². The Hall–Kier alpha value is -5.14. The van der Waals surface area contributed by atoms with E-state index in [0.29, 0.717) is 36.1 Å². The molecule has 1 aliphatic carbocycles. The number of ether oxygens (including phenoxy) is 2. The Labute approximate surface area is 314 Å². The molecule has 0 spiro atoms. The van der Waals surface area contributed by atoms with E-state index in [-0.39, 0.29) is 32.0 Å². The highest BCUT2D eigenvalue weighted by molar-refractivity contribution is 5.98. The lowest BCUT2D eigenvalue weighted by Gasteiger charge is -2.30. The Kier molecular flexibility index (Phi) is 11.2. The van der Waals surface area contributed by atoms with Crippen molar-refractivity contribution in [1.82, 2.24) is 25.9 Å². The van der Waals surface area contributed by atoms with Crippen molar-refractivity contribution in [1.29, 1.82) is 0 Å². The van der Waals surface area contributed by atoms with Crippen molar-refractivity contribution in [3.63, 3.8) is 0 Å². The minimum Gasteiger partial charge on any atom is -0.444 e. The summed E-state index contributed by atoms with van der Waals surface area (Å²) >= 11 is 0. The first-order chi connectivity index (χ1) is 25.6. The lowest BCUT2D eigenvalue weighted by molar-refractivity contribution is -0.142. The Morgan fingerprint density at radius 1 is 1.04 bits per heavy atom. The summed E-state index contributed by atoms with van der Waals surface area (Å²) in [6, 6.07) is 8.11. The first kappa shape index (κ1) is 38.6. The summed E-state index contributed by atoms with van der Waals surface area (Å²) in [4.78, 5) is 77.3. The maximum atomic E-state index is 14.5. The van der Waals surface area contributed by atoms with Crippen LogP contribution in [-0.4, -0.2) is 75.6 Å². The van der Waals surface area contributed by atoms with Gasteiger partial charge in [-0.1, -0.05) is 49.3 Å². The maximum Gasteiger partial charge on any atom is 0.410 e. The van der Waals surface area contributed by atoms with E-state index in [1.807, 2.05) is 38.1 Å². The highest BCUT2D eigenvalue weighted by atomic mass is 19.1. The normalized spacial score (nSPS) is 26.2. The van der Waals surface area contributed by atoms with Crippen molar-refractivity contribution in [3.8, 4) is 5.75 Å². The molecule has 0 radical (unpaired) electrons. The summed E-state index contributed by atoms with van der Waals surface area (Å²) in [5.41, 5.74) is 3.23. The third kappa shape index (κ3) is 8.79. The molecule has 2 aromatic carbocycles. The van der Waals surface area contributed by atoms with Gasteiger partial charge >= 0.3 is 12.2 Å². The second-order valence-electron chi connectivity index (χ2n) is 15.8. The smallest absolute Gasteiger partial charge is 0.410 e. The van der Waals surface area contributed by atoms with Crippen LogP contribution in [0.3, 0.4) is 0 Å². The van der Waals surface area contributed by atoms with Crippen LogP contribution >= 0.6 is 0 Å². The molecule has 1 saturated heterocycles. The number of hydrogen-bond donors (Lipinski definition) is 3. The van der Waals surface area contributed by atoms with E-state index in [9.17, 15) is 28.4 Å². The number of benzene rings is 2. The molecule has 4 aliphatic rings. The quantitative estimate of drug-likeness (QED) is 0.277. The monoisotopic (exact) mass is 747 g/mol. The summed E-state index contributed by atoms with van der Waals surface area (Å²) in [7, 11) is 0. The fourth-order valence-corrected chi connectivity index (χ4v) is 7.35. The lowest BCUT2D eigenvalue weighted by Crippen LogP contribution is -2.58. The average molecular weight is 748 g/mol. The van der Waals surface area contributed by atoms with E-state index < -0.39 is 65.1 Å². The zero-order chi connectivity index (χ0) is 38.8. The van der Waals surface area contributed by atoms with E-state index in [2.05, 4.69) is 16.1 Å². The predicted molar refractivity (Wildman–Crippen MR) is 195 cm³/mol. The van der Waals surface area contributed by atoms with Crippen molar-refractivity contribution in [2.24, 2.45) is 5.92 Å². The first-order valence-corrected chi connectivity index (χ1v) is 18.7. The molecule has 2 aromatic rings. The largest absolute Gasteiger partial charge is 0.444 e. The van der Waals surface area contributed by atoms with E-state index >= 15 is 0 Å². The van der Waals surface area contributed by atoms with Gasteiger partial charge in [0.05, 0.1) is 13.1 Å².